The molecule has 0 unspecified atom stereocenters. The maximum absolute atomic E-state index is 5.73. The maximum Gasteiger partial charge on any atom is 0.173 e. The zero-order chi connectivity index (χ0) is 9.97. The Morgan fingerprint density at radius 2 is 2.00 bits per heavy atom. The molecule has 14 heavy (non-hydrogen) atoms. The molecule has 0 aliphatic carbocycles. The quantitative estimate of drug-likeness (QED) is 0.754. The molecule has 0 aliphatic heterocycles. The number of aromatic nitrogens is 4. The number of tetrazole rings is 1. The van der Waals surface area contributed by atoms with E-state index in [1.54, 1.807) is 4.68 Å². The third kappa shape index (κ3) is 1.49. The predicted molar refractivity (Wildman–Crippen MR) is 51.8 cm³/mol. The van der Waals surface area contributed by atoms with Crippen molar-refractivity contribution in [1.29, 1.82) is 0 Å². The Hall–Kier alpha value is -1.75. The van der Waals surface area contributed by atoms with E-state index in [-0.39, 0.29) is 6.04 Å². The summed E-state index contributed by atoms with van der Waals surface area (Å²) in [5, 5.41) is 11.4. The second-order valence-electron chi connectivity index (χ2n) is 3.07. The van der Waals surface area contributed by atoms with Gasteiger partial charge in [0.25, 0.3) is 0 Å². The van der Waals surface area contributed by atoms with Crippen LogP contribution in [0.1, 0.15) is 18.8 Å². The number of hydrogen-bond donors (Lipinski definition) is 1. The molecule has 2 aromatic rings. The maximum atomic E-state index is 5.73. The van der Waals surface area contributed by atoms with Gasteiger partial charge in [0.1, 0.15) is 0 Å². The summed E-state index contributed by atoms with van der Waals surface area (Å²) >= 11 is 0. The van der Waals surface area contributed by atoms with E-state index < -0.39 is 0 Å². The standard InChI is InChI=1S/C9H11N5/c1-7(10)9-11-12-13-14(9)8-5-3-2-4-6-8/h2-7H,10H2,1H3/t7-/m1/s1. The van der Waals surface area contributed by atoms with Gasteiger partial charge >= 0.3 is 0 Å². The zero-order valence-electron chi connectivity index (χ0n) is 7.83. The van der Waals surface area contributed by atoms with Gasteiger partial charge in [-0.1, -0.05) is 18.2 Å². The van der Waals surface area contributed by atoms with Gasteiger partial charge in [-0.15, -0.1) is 5.10 Å². The lowest BCUT2D eigenvalue weighted by atomic mass is 10.3. The van der Waals surface area contributed by atoms with Crippen LogP contribution >= 0.6 is 0 Å². The molecule has 0 radical (unpaired) electrons. The third-order valence-electron chi connectivity index (χ3n) is 1.90. The van der Waals surface area contributed by atoms with Crippen molar-refractivity contribution in [3.8, 4) is 5.69 Å². The summed E-state index contributed by atoms with van der Waals surface area (Å²) in [4.78, 5) is 0. The normalized spacial score (nSPS) is 12.7. The zero-order valence-corrected chi connectivity index (χ0v) is 7.83. The summed E-state index contributed by atoms with van der Waals surface area (Å²) in [6.45, 7) is 1.85. The van der Waals surface area contributed by atoms with Gasteiger partial charge in [-0.2, -0.15) is 4.68 Å². The van der Waals surface area contributed by atoms with E-state index in [2.05, 4.69) is 15.5 Å². The Morgan fingerprint density at radius 1 is 1.29 bits per heavy atom. The van der Waals surface area contributed by atoms with Gasteiger partial charge in [-0.25, -0.2) is 0 Å². The van der Waals surface area contributed by atoms with Gasteiger partial charge in [0.05, 0.1) is 11.7 Å². The minimum atomic E-state index is -0.176. The molecule has 0 spiro atoms. The van der Waals surface area contributed by atoms with Crippen molar-refractivity contribution in [3.63, 3.8) is 0 Å². The van der Waals surface area contributed by atoms with E-state index in [9.17, 15) is 0 Å². The molecule has 2 N–H and O–H groups in total. The summed E-state index contributed by atoms with van der Waals surface area (Å²) in [5.41, 5.74) is 6.65. The van der Waals surface area contributed by atoms with Crippen molar-refractivity contribution < 1.29 is 0 Å². The molecule has 0 fully saturated rings. The molecular weight excluding hydrogens is 178 g/mol. The van der Waals surface area contributed by atoms with Crippen molar-refractivity contribution in [2.75, 3.05) is 0 Å². The topological polar surface area (TPSA) is 69.6 Å². The Morgan fingerprint density at radius 3 is 2.64 bits per heavy atom. The van der Waals surface area contributed by atoms with E-state index in [1.807, 2.05) is 37.3 Å². The van der Waals surface area contributed by atoms with Crippen molar-refractivity contribution >= 4 is 0 Å². The van der Waals surface area contributed by atoms with E-state index in [4.69, 9.17) is 5.73 Å². The van der Waals surface area contributed by atoms with Gasteiger partial charge < -0.3 is 5.73 Å². The number of hydrogen-bond acceptors (Lipinski definition) is 4. The van der Waals surface area contributed by atoms with Gasteiger partial charge in [0, 0.05) is 0 Å². The van der Waals surface area contributed by atoms with E-state index in [0.717, 1.165) is 5.69 Å². The van der Waals surface area contributed by atoms with Crippen LogP contribution in [-0.2, 0) is 0 Å². The predicted octanol–water partition coefficient (Wildman–Crippen LogP) is 0.682. The minimum Gasteiger partial charge on any atom is -0.321 e. The van der Waals surface area contributed by atoms with E-state index in [0.29, 0.717) is 5.82 Å². The first-order valence-electron chi connectivity index (χ1n) is 4.38. The van der Waals surface area contributed by atoms with Crippen LogP contribution in [0.5, 0.6) is 0 Å². The Bertz CT molecular complexity index is 406. The van der Waals surface area contributed by atoms with Crippen molar-refractivity contribution in [1.82, 2.24) is 20.2 Å². The molecule has 1 aromatic carbocycles. The molecule has 1 heterocycles. The molecule has 0 amide bonds. The lowest BCUT2D eigenvalue weighted by Crippen LogP contribution is -2.13. The fourth-order valence-corrected chi connectivity index (χ4v) is 1.23. The smallest absolute Gasteiger partial charge is 0.173 e. The highest BCUT2D eigenvalue weighted by Gasteiger charge is 2.10. The van der Waals surface area contributed by atoms with Gasteiger partial charge in [0.2, 0.25) is 0 Å². The summed E-state index contributed by atoms with van der Waals surface area (Å²) < 4.78 is 1.64. The highest BCUT2D eigenvalue weighted by atomic mass is 15.5. The highest BCUT2D eigenvalue weighted by molar-refractivity contribution is 5.30. The average Bonchev–Trinajstić information content (AvgIpc) is 2.67. The number of nitrogens with zero attached hydrogens (tertiary/aromatic N) is 4. The van der Waals surface area contributed by atoms with Crippen LogP contribution in [0.15, 0.2) is 30.3 Å². The summed E-state index contributed by atoms with van der Waals surface area (Å²) in [6, 6.07) is 9.50. The van der Waals surface area contributed by atoms with Gasteiger partial charge in [0.15, 0.2) is 5.82 Å². The molecule has 0 saturated heterocycles. The van der Waals surface area contributed by atoms with E-state index in [1.165, 1.54) is 0 Å². The SMILES string of the molecule is C[C@@H](N)c1nnnn1-c1ccccc1. The van der Waals surface area contributed by atoms with Crippen LogP contribution < -0.4 is 5.73 Å². The van der Waals surface area contributed by atoms with Crippen LogP contribution in [0.2, 0.25) is 0 Å². The lowest BCUT2D eigenvalue weighted by Gasteiger charge is -2.05. The first-order chi connectivity index (χ1) is 6.79. The van der Waals surface area contributed by atoms with Gasteiger partial charge in [-0.05, 0) is 29.5 Å². The number of rotatable bonds is 2. The molecule has 0 bridgehead atoms. The first kappa shape index (κ1) is 8.83. The molecule has 5 nitrogen and oxygen atoms in total. The number of para-hydroxylation sites is 1. The van der Waals surface area contributed by atoms with Crippen LogP contribution in [-0.4, -0.2) is 20.2 Å². The van der Waals surface area contributed by atoms with Crippen molar-refractivity contribution in [3.05, 3.63) is 36.2 Å². The van der Waals surface area contributed by atoms with E-state index >= 15 is 0 Å². The molecule has 0 saturated carbocycles. The molecular formula is C9H11N5. The molecule has 2 rings (SSSR count). The van der Waals surface area contributed by atoms with Crippen LogP contribution in [0, 0.1) is 0 Å². The highest BCUT2D eigenvalue weighted by Crippen LogP contribution is 2.10. The molecule has 1 atom stereocenters. The average molecular weight is 189 g/mol. The van der Waals surface area contributed by atoms with Crippen molar-refractivity contribution in [2.45, 2.75) is 13.0 Å². The Kier molecular flexibility index (Phi) is 2.24. The van der Waals surface area contributed by atoms with Crippen molar-refractivity contribution in [2.24, 2.45) is 5.73 Å². The second kappa shape index (κ2) is 3.55. The van der Waals surface area contributed by atoms with Gasteiger partial charge in [-0.3, -0.25) is 0 Å². The molecule has 0 aliphatic rings. The minimum absolute atomic E-state index is 0.176. The van der Waals surface area contributed by atoms with Crippen LogP contribution in [0.4, 0.5) is 0 Å². The number of benzene rings is 1. The Balaban J connectivity index is 2.47. The fourth-order valence-electron chi connectivity index (χ4n) is 1.23. The third-order valence-corrected chi connectivity index (χ3v) is 1.90. The summed E-state index contributed by atoms with van der Waals surface area (Å²) in [7, 11) is 0. The molecule has 1 aromatic heterocycles. The van der Waals surface area contributed by atoms with Crippen LogP contribution in [0.3, 0.4) is 0 Å². The lowest BCUT2D eigenvalue weighted by molar-refractivity contribution is 0.688. The first-order valence-corrected chi connectivity index (χ1v) is 4.38. The molecule has 72 valence electrons. The molecule has 5 heteroatoms. The second-order valence-corrected chi connectivity index (χ2v) is 3.07. The summed E-state index contributed by atoms with van der Waals surface area (Å²) in [5.74, 6) is 0.663. The van der Waals surface area contributed by atoms with Crippen LogP contribution in [0.25, 0.3) is 5.69 Å². The Labute approximate surface area is 81.5 Å². The number of nitrogens with two attached hydrogens (primary N) is 1. The largest absolute Gasteiger partial charge is 0.321 e. The fraction of sp³-hybridized carbons (Fsp3) is 0.222. The summed E-state index contributed by atoms with van der Waals surface area (Å²) in [6.07, 6.45) is 0. The monoisotopic (exact) mass is 189 g/mol.